The summed E-state index contributed by atoms with van der Waals surface area (Å²) in [6, 6.07) is 3.76. The summed E-state index contributed by atoms with van der Waals surface area (Å²) in [6.45, 7) is 6.05. The summed E-state index contributed by atoms with van der Waals surface area (Å²) in [5.41, 5.74) is 2.27. The van der Waals surface area contributed by atoms with Crippen LogP contribution in [-0.2, 0) is 16.0 Å². The summed E-state index contributed by atoms with van der Waals surface area (Å²) in [5.74, 6) is -0.625. The van der Waals surface area contributed by atoms with Crippen molar-refractivity contribution in [1.82, 2.24) is 19.7 Å². The van der Waals surface area contributed by atoms with Crippen LogP contribution in [-0.4, -0.2) is 57.2 Å². The van der Waals surface area contributed by atoms with E-state index in [-0.39, 0.29) is 25.5 Å². The first-order chi connectivity index (χ1) is 11.9. The number of halogens is 1. The third-order valence-electron chi connectivity index (χ3n) is 4.41. The maximum Gasteiger partial charge on any atom is 0.273 e. The molecule has 0 spiro atoms. The quantitative estimate of drug-likeness (QED) is 0.732. The minimum absolute atomic E-state index is 0. The van der Waals surface area contributed by atoms with Crippen LogP contribution in [0.15, 0.2) is 29.0 Å². The van der Waals surface area contributed by atoms with E-state index in [2.05, 4.69) is 26.0 Å². The molecule has 2 aromatic rings. The Bertz CT molecular complexity index is 812. The van der Waals surface area contributed by atoms with E-state index in [0.717, 1.165) is 15.7 Å². The van der Waals surface area contributed by atoms with Crippen LogP contribution in [0.3, 0.4) is 0 Å². The van der Waals surface area contributed by atoms with Crippen molar-refractivity contribution in [2.45, 2.75) is 32.3 Å². The molecule has 4 heterocycles. The zero-order valence-corrected chi connectivity index (χ0v) is 17.2. The van der Waals surface area contributed by atoms with E-state index in [1.54, 1.807) is 17.1 Å². The van der Waals surface area contributed by atoms with Gasteiger partial charge in [-0.25, -0.2) is 0 Å². The van der Waals surface area contributed by atoms with E-state index >= 15 is 0 Å². The first kappa shape index (κ1) is 19.3. The lowest BCUT2D eigenvalue weighted by Gasteiger charge is -2.29. The van der Waals surface area contributed by atoms with Crippen molar-refractivity contribution in [2.24, 2.45) is 0 Å². The first-order valence-electron chi connectivity index (χ1n) is 8.22. The van der Waals surface area contributed by atoms with Gasteiger partial charge in [0, 0.05) is 31.0 Å². The molecule has 9 heteroatoms. The van der Waals surface area contributed by atoms with Crippen LogP contribution in [0.25, 0.3) is 11.3 Å². The molecule has 2 aromatic heterocycles. The highest BCUT2D eigenvalue weighted by atomic mass is 79.9. The highest BCUT2D eigenvalue weighted by Crippen LogP contribution is 2.33. The van der Waals surface area contributed by atoms with Gasteiger partial charge in [0.05, 0.1) is 17.6 Å². The number of nitrogens with zero attached hydrogens (tertiary/aromatic N) is 4. The van der Waals surface area contributed by atoms with E-state index in [4.69, 9.17) is 9.47 Å². The van der Waals surface area contributed by atoms with Gasteiger partial charge >= 0.3 is 0 Å². The lowest BCUT2D eigenvalue weighted by atomic mass is 10.2. The second kappa shape index (κ2) is 7.30. The van der Waals surface area contributed by atoms with Gasteiger partial charge in [0.1, 0.15) is 17.5 Å². The summed E-state index contributed by atoms with van der Waals surface area (Å²) in [7, 11) is 0. The molecule has 0 aliphatic carbocycles. The molecule has 1 saturated heterocycles. The predicted molar refractivity (Wildman–Crippen MR) is 104 cm³/mol. The van der Waals surface area contributed by atoms with Gasteiger partial charge in [-0.05, 0) is 41.9 Å². The van der Waals surface area contributed by atoms with Gasteiger partial charge in [-0.3, -0.25) is 14.5 Å². The molecule has 0 aromatic carbocycles. The molecule has 26 heavy (non-hydrogen) atoms. The summed E-state index contributed by atoms with van der Waals surface area (Å²) >= 11 is 3.57. The normalized spacial score (nSPS) is 21.4. The van der Waals surface area contributed by atoms with Gasteiger partial charge in [-0.1, -0.05) is 0 Å². The molecular weight excluding hydrogens is 420 g/mol. The first-order valence-corrected chi connectivity index (χ1v) is 9.02. The Kier molecular flexibility index (Phi) is 5.43. The van der Waals surface area contributed by atoms with Crippen molar-refractivity contribution in [3.05, 3.63) is 34.7 Å². The number of ether oxygens (including phenoxy) is 2. The van der Waals surface area contributed by atoms with Gasteiger partial charge in [0.15, 0.2) is 5.79 Å². The Balaban J connectivity index is 0.00000196. The number of carbonyl (C=O) groups excluding carboxylic acids is 1. The van der Waals surface area contributed by atoms with Crippen LogP contribution in [0, 0.1) is 0 Å². The largest absolute Gasteiger partial charge is 0.348 e. The Morgan fingerprint density at radius 3 is 2.69 bits per heavy atom. The van der Waals surface area contributed by atoms with Crippen molar-refractivity contribution >= 4 is 35.3 Å². The van der Waals surface area contributed by atoms with Crippen molar-refractivity contribution < 1.29 is 14.3 Å². The monoisotopic (exact) mass is 440 g/mol. The number of pyridine rings is 1. The summed E-state index contributed by atoms with van der Waals surface area (Å²) < 4.78 is 13.9. The molecular formula is C17H21BrN4O3S. The van der Waals surface area contributed by atoms with Gasteiger partial charge in [0.25, 0.3) is 5.91 Å². The van der Waals surface area contributed by atoms with Crippen LogP contribution >= 0.6 is 29.4 Å². The Morgan fingerprint density at radius 1 is 1.31 bits per heavy atom. The van der Waals surface area contributed by atoms with Crippen molar-refractivity contribution in [1.29, 1.82) is 0 Å². The Labute approximate surface area is 167 Å². The zero-order chi connectivity index (χ0) is 17.6. The SMILES string of the molecule is CC1(C)OCC(CN2CCn3nc(-c4ccncc4)c(Br)c3C2=O)O1.S. The van der Waals surface area contributed by atoms with E-state index in [1.165, 1.54) is 0 Å². The molecule has 140 valence electrons. The number of fused-ring (bicyclic) bond motifs is 1. The molecule has 1 unspecified atom stereocenters. The molecule has 0 saturated carbocycles. The lowest BCUT2D eigenvalue weighted by Crippen LogP contribution is -2.45. The van der Waals surface area contributed by atoms with Gasteiger partial charge in [0.2, 0.25) is 0 Å². The molecule has 2 aliphatic rings. The fourth-order valence-corrected chi connectivity index (χ4v) is 3.92. The molecule has 1 fully saturated rings. The molecule has 7 nitrogen and oxygen atoms in total. The number of amides is 1. The van der Waals surface area contributed by atoms with Crippen LogP contribution in [0.2, 0.25) is 0 Å². The fourth-order valence-electron chi connectivity index (χ4n) is 3.24. The summed E-state index contributed by atoms with van der Waals surface area (Å²) in [6.07, 6.45) is 3.33. The molecule has 1 amide bonds. The average molecular weight is 441 g/mol. The molecule has 2 aliphatic heterocycles. The van der Waals surface area contributed by atoms with Crippen LogP contribution < -0.4 is 0 Å². The number of rotatable bonds is 3. The second-order valence-electron chi connectivity index (χ2n) is 6.67. The Hall–Kier alpha value is -1.42. The van der Waals surface area contributed by atoms with Crippen molar-refractivity contribution in [2.75, 3.05) is 19.7 Å². The predicted octanol–water partition coefficient (Wildman–Crippen LogP) is 2.43. The highest BCUT2D eigenvalue weighted by molar-refractivity contribution is 9.10. The van der Waals surface area contributed by atoms with Crippen LogP contribution in [0.1, 0.15) is 24.3 Å². The number of hydrogen-bond acceptors (Lipinski definition) is 5. The molecule has 0 radical (unpaired) electrons. The lowest BCUT2D eigenvalue weighted by molar-refractivity contribution is -0.139. The van der Waals surface area contributed by atoms with Crippen molar-refractivity contribution in [3.8, 4) is 11.3 Å². The van der Waals surface area contributed by atoms with E-state index in [0.29, 0.717) is 31.9 Å². The van der Waals surface area contributed by atoms with Gasteiger partial charge in [-0.2, -0.15) is 18.6 Å². The van der Waals surface area contributed by atoms with Crippen LogP contribution in [0.4, 0.5) is 0 Å². The third kappa shape index (κ3) is 3.53. The fraction of sp³-hybridized carbons (Fsp3) is 0.471. The van der Waals surface area contributed by atoms with E-state index in [1.807, 2.05) is 30.9 Å². The molecule has 0 N–H and O–H groups in total. The number of carbonyl (C=O) groups is 1. The van der Waals surface area contributed by atoms with E-state index in [9.17, 15) is 4.79 Å². The maximum atomic E-state index is 13.0. The van der Waals surface area contributed by atoms with Crippen LogP contribution in [0.5, 0.6) is 0 Å². The molecule has 1 atom stereocenters. The second-order valence-corrected chi connectivity index (χ2v) is 7.47. The summed E-state index contributed by atoms with van der Waals surface area (Å²) in [4.78, 5) is 18.8. The standard InChI is InChI=1S/C17H19BrN4O3.H2S/c1-17(2)24-10-12(25-17)9-21-7-8-22-15(16(21)23)13(18)14(20-22)11-3-5-19-6-4-11;/h3-6,12H,7-10H2,1-2H3;1H2. The summed E-state index contributed by atoms with van der Waals surface area (Å²) in [5, 5.41) is 4.60. The topological polar surface area (TPSA) is 69.5 Å². The van der Waals surface area contributed by atoms with E-state index < -0.39 is 5.79 Å². The number of aromatic nitrogens is 3. The minimum atomic E-state index is -0.583. The van der Waals surface area contributed by atoms with Gasteiger partial charge < -0.3 is 14.4 Å². The minimum Gasteiger partial charge on any atom is -0.348 e. The maximum absolute atomic E-state index is 13.0. The average Bonchev–Trinajstić information content (AvgIpc) is 3.11. The van der Waals surface area contributed by atoms with Crippen molar-refractivity contribution in [3.63, 3.8) is 0 Å². The zero-order valence-electron chi connectivity index (χ0n) is 14.6. The Morgan fingerprint density at radius 2 is 2.04 bits per heavy atom. The highest BCUT2D eigenvalue weighted by Gasteiger charge is 2.37. The third-order valence-corrected chi connectivity index (χ3v) is 5.16. The number of hydrogen-bond donors (Lipinski definition) is 0. The smallest absolute Gasteiger partial charge is 0.273 e. The molecule has 4 rings (SSSR count). The van der Waals surface area contributed by atoms with Gasteiger partial charge in [-0.15, -0.1) is 0 Å². The molecule has 0 bridgehead atoms.